The highest BCUT2D eigenvalue weighted by Crippen LogP contribution is 2.37. The van der Waals surface area contributed by atoms with Gasteiger partial charge in [0.15, 0.2) is 11.5 Å². The Morgan fingerprint density at radius 1 is 1.21 bits per heavy atom. The molecule has 0 unspecified atom stereocenters. The van der Waals surface area contributed by atoms with E-state index >= 15 is 0 Å². The Morgan fingerprint density at radius 3 is 2.69 bits per heavy atom. The third-order valence-electron chi connectivity index (χ3n) is 7.68. The molecule has 2 aliphatic rings. The van der Waals surface area contributed by atoms with E-state index in [1.54, 1.807) is 12.1 Å². The molecule has 0 bridgehead atoms. The number of rotatable bonds is 8. The van der Waals surface area contributed by atoms with E-state index in [1.807, 2.05) is 41.9 Å². The summed E-state index contributed by atoms with van der Waals surface area (Å²) in [7, 11) is 2.03. The van der Waals surface area contributed by atoms with Gasteiger partial charge in [0, 0.05) is 30.1 Å². The maximum atomic E-state index is 13.1. The SMILES string of the molecule is C[C@@H](Nc1nc(C(=O)O)nc2nc(-c3ccc4c(c3)OCCN4C)n(Cc3ccc(SF)cc3)c12)C1CCC1. The number of benzene rings is 2. The lowest BCUT2D eigenvalue weighted by atomic mass is 9.80. The Hall–Kier alpha value is -3.86. The Morgan fingerprint density at radius 2 is 2.00 bits per heavy atom. The lowest BCUT2D eigenvalue weighted by molar-refractivity contribution is 0.0684. The standard InChI is InChI=1S/C28H29FN6O3S/c1-16(18-4-3-5-18)30-24-23-25(32-26(31-24)28(36)37)33-27(35(23)15-17-6-9-20(39-29)10-7-17)19-8-11-21-22(14-19)38-13-12-34(21)2/h6-11,14,16,18H,3-5,12-13,15H2,1-2H3,(H,36,37)(H,30,31,32)/t16-/m1/s1. The number of nitrogens with one attached hydrogen (secondary N) is 1. The number of nitrogens with zero attached hydrogens (tertiary/aromatic N) is 5. The Kier molecular flexibility index (Phi) is 6.76. The van der Waals surface area contributed by atoms with Crippen LogP contribution in [-0.2, 0) is 6.54 Å². The lowest BCUT2D eigenvalue weighted by Crippen LogP contribution is -2.31. The summed E-state index contributed by atoms with van der Waals surface area (Å²) < 4.78 is 21.0. The molecule has 0 spiro atoms. The first-order valence-electron chi connectivity index (χ1n) is 13.0. The van der Waals surface area contributed by atoms with E-state index in [4.69, 9.17) is 9.72 Å². The van der Waals surface area contributed by atoms with Gasteiger partial charge in [-0.05, 0) is 61.6 Å². The third kappa shape index (κ3) is 4.87. The highest BCUT2D eigenvalue weighted by Gasteiger charge is 2.28. The molecule has 1 aliphatic carbocycles. The highest BCUT2D eigenvalue weighted by molar-refractivity contribution is 7.94. The molecule has 0 radical (unpaired) electrons. The van der Waals surface area contributed by atoms with Crippen molar-refractivity contribution in [3.05, 3.63) is 53.9 Å². The number of fused-ring (bicyclic) bond motifs is 2. The summed E-state index contributed by atoms with van der Waals surface area (Å²) in [6.07, 6.45) is 3.45. The van der Waals surface area contributed by atoms with Gasteiger partial charge in [-0.3, -0.25) is 0 Å². The highest BCUT2D eigenvalue weighted by atomic mass is 32.2. The molecular formula is C28H29FN6O3S. The number of imidazole rings is 1. The van der Waals surface area contributed by atoms with Crippen LogP contribution in [0, 0.1) is 5.92 Å². The van der Waals surface area contributed by atoms with E-state index < -0.39 is 5.97 Å². The molecule has 9 nitrogen and oxygen atoms in total. The van der Waals surface area contributed by atoms with Crippen molar-refractivity contribution in [2.45, 2.75) is 43.7 Å². The second-order valence-corrected chi connectivity index (χ2v) is 10.8. The molecule has 1 saturated carbocycles. The Balaban J connectivity index is 1.53. The molecule has 6 rings (SSSR count). The molecule has 1 fully saturated rings. The van der Waals surface area contributed by atoms with Crippen LogP contribution in [-0.4, -0.2) is 56.8 Å². The van der Waals surface area contributed by atoms with E-state index in [0.29, 0.717) is 46.8 Å². The van der Waals surface area contributed by atoms with E-state index in [1.165, 1.54) is 6.42 Å². The number of aromatic nitrogens is 4. The first-order chi connectivity index (χ1) is 18.9. The van der Waals surface area contributed by atoms with Crippen LogP contribution in [0.5, 0.6) is 5.75 Å². The van der Waals surface area contributed by atoms with Crippen molar-refractivity contribution in [3.8, 4) is 17.1 Å². The van der Waals surface area contributed by atoms with Gasteiger partial charge in [-0.25, -0.2) is 19.7 Å². The summed E-state index contributed by atoms with van der Waals surface area (Å²) in [6.45, 7) is 3.90. The zero-order valence-electron chi connectivity index (χ0n) is 21.7. The minimum absolute atomic E-state index is 0.110. The van der Waals surface area contributed by atoms with Crippen molar-refractivity contribution >= 4 is 40.8 Å². The van der Waals surface area contributed by atoms with Gasteiger partial charge in [0.05, 0.1) is 24.4 Å². The molecule has 39 heavy (non-hydrogen) atoms. The summed E-state index contributed by atoms with van der Waals surface area (Å²) in [5.74, 6) is 0.807. The van der Waals surface area contributed by atoms with Gasteiger partial charge in [0.1, 0.15) is 23.7 Å². The molecule has 4 aromatic rings. The van der Waals surface area contributed by atoms with E-state index in [0.717, 1.165) is 42.0 Å². The van der Waals surface area contributed by atoms with Crippen molar-refractivity contribution < 1.29 is 18.5 Å². The summed E-state index contributed by atoms with van der Waals surface area (Å²) in [6, 6.07) is 13.3. The van der Waals surface area contributed by atoms with Crippen molar-refractivity contribution in [1.82, 2.24) is 19.5 Å². The minimum Gasteiger partial charge on any atom is -0.490 e. The molecule has 11 heteroatoms. The molecule has 1 atom stereocenters. The van der Waals surface area contributed by atoms with Crippen molar-refractivity contribution in [1.29, 1.82) is 0 Å². The minimum atomic E-state index is -1.21. The number of carboxylic acid groups (broad SMARTS) is 1. The van der Waals surface area contributed by atoms with Crippen LogP contribution in [0.15, 0.2) is 47.4 Å². The van der Waals surface area contributed by atoms with Gasteiger partial charge in [-0.1, -0.05) is 18.6 Å². The van der Waals surface area contributed by atoms with Crippen LogP contribution in [0.25, 0.3) is 22.6 Å². The summed E-state index contributed by atoms with van der Waals surface area (Å²) in [5.41, 5.74) is 3.67. The molecule has 0 amide bonds. The molecule has 2 aromatic carbocycles. The number of ether oxygens (including phenoxy) is 1. The zero-order chi connectivity index (χ0) is 27.1. The van der Waals surface area contributed by atoms with Gasteiger partial charge in [0.2, 0.25) is 5.82 Å². The number of anilines is 2. The van der Waals surface area contributed by atoms with E-state index in [-0.39, 0.29) is 24.0 Å². The maximum Gasteiger partial charge on any atom is 0.374 e. The number of carbonyl (C=O) groups is 1. The van der Waals surface area contributed by atoms with E-state index in [9.17, 15) is 13.8 Å². The second kappa shape index (κ2) is 10.4. The smallest absolute Gasteiger partial charge is 0.374 e. The maximum absolute atomic E-state index is 13.1. The van der Waals surface area contributed by atoms with Gasteiger partial charge in [-0.2, -0.15) is 3.89 Å². The lowest BCUT2D eigenvalue weighted by Gasteiger charge is -2.32. The average molecular weight is 549 g/mol. The third-order valence-corrected chi connectivity index (χ3v) is 8.13. The number of halogens is 1. The van der Waals surface area contributed by atoms with Gasteiger partial charge in [-0.15, -0.1) is 0 Å². The van der Waals surface area contributed by atoms with Gasteiger partial charge in [0.25, 0.3) is 0 Å². The molecule has 0 saturated heterocycles. The molecule has 202 valence electrons. The number of carboxylic acids is 1. The number of hydrogen-bond donors (Lipinski definition) is 2. The molecule has 2 aromatic heterocycles. The fourth-order valence-electron chi connectivity index (χ4n) is 5.21. The molecular weight excluding hydrogens is 519 g/mol. The monoisotopic (exact) mass is 548 g/mol. The zero-order valence-corrected chi connectivity index (χ0v) is 22.5. The Bertz CT molecular complexity index is 1540. The second-order valence-electron chi connectivity index (χ2n) is 10.2. The predicted molar refractivity (Wildman–Crippen MR) is 149 cm³/mol. The van der Waals surface area contributed by atoms with Crippen molar-refractivity contribution in [3.63, 3.8) is 0 Å². The first-order valence-corrected chi connectivity index (χ1v) is 13.8. The average Bonchev–Trinajstić information content (AvgIpc) is 3.26. The van der Waals surface area contributed by atoms with Crippen LogP contribution < -0.4 is 15.0 Å². The number of likely N-dealkylation sites (N-methyl/N-ethyl adjacent to an activating group) is 1. The van der Waals surface area contributed by atoms with Crippen molar-refractivity contribution in [2.24, 2.45) is 5.92 Å². The van der Waals surface area contributed by atoms with Crippen LogP contribution in [0.3, 0.4) is 0 Å². The molecule has 1 aliphatic heterocycles. The van der Waals surface area contributed by atoms with Crippen LogP contribution in [0.4, 0.5) is 15.4 Å². The van der Waals surface area contributed by atoms with Crippen LogP contribution >= 0.6 is 12.1 Å². The summed E-state index contributed by atoms with van der Waals surface area (Å²) >= 11 is 0.202. The van der Waals surface area contributed by atoms with Gasteiger partial charge < -0.3 is 24.6 Å². The normalized spacial score (nSPS) is 15.9. The predicted octanol–water partition coefficient (Wildman–Crippen LogP) is 5.65. The fourth-order valence-corrected chi connectivity index (χ4v) is 5.45. The van der Waals surface area contributed by atoms with Gasteiger partial charge >= 0.3 is 5.97 Å². The topological polar surface area (TPSA) is 105 Å². The fraction of sp³-hybridized carbons (Fsp3) is 0.357. The summed E-state index contributed by atoms with van der Waals surface area (Å²) in [4.78, 5) is 28.2. The van der Waals surface area contributed by atoms with Crippen LogP contribution in [0.2, 0.25) is 0 Å². The molecule has 3 heterocycles. The van der Waals surface area contributed by atoms with Crippen molar-refractivity contribution in [2.75, 3.05) is 30.4 Å². The summed E-state index contributed by atoms with van der Waals surface area (Å²) in [5, 5.41) is 13.3. The molecule has 2 N–H and O–H groups in total. The number of aromatic carboxylic acids is 1. The number of hydrogen-bond acceptors (Lipinski definition) is 8. The first kappa shape index (κ1) is 25.4. The van der Waals surface area contributed by atoms with Crippen LogP contribution in [0.1, 0.15) is 42.4 Å². The largest absolute Gasteiger partial charge is 0.490 e. The van der Waals surface area contributed by atoms with E-state index in [2.05, 4.69) is 27.1 Å². The Labute approximate surface area is 229 Å². The quantitative estimate of drug-likeness (QED) is 0.289.